The van der Waals surface area contributed by atoms with Crippen molar-refractivity contribution in [3.05, 3.63) is 63.9 Å². The number of carboxylic acids is 1. The van der Waals surface area contributed by atoms with Crippen molar-refractivity contribution in [1.82, 2.24) is 4.98 Å². The molecule has 3 nitrogen and oxygen atoms in total. The molecule has 0 fully saturated rings. The van der Waals surface area contributed by atoms with Crippen LogP contribution in [0, 0.1) is 12.7 Å². The number of fused-ring (bicyclic) bond motifs is 1. The van der Waals surface area contributed by atoms with Crippen LogP contribution in [0.5, 0.6) is 0 Å². The van der Waals surface area contributed by atoms with Crippen LogP contribution >= 0.6 is 15.9 Å². The standard InChI is InChI=1S/C17H11BrFNO2/c1-9-15(17(21)22)13-8-12(19)6-7-14(13)20-16(9)10-2-4-11(18)5-3-10/h2-8H,1H3,(H,21,22). The molecule has 0 spiro atoms. The van der Waals surface area contributed by atoms with Crippen molar-refractivity contribution >= 4 is 32.8 Å². The van der Waals surface area contributed by atoms with Gasteiger partial charge in [-0.25, -0.2) is 14.2 Å². The second kappa shape index (κ2) is 5.50. The first-order valence-electron chi connectivity index (χ1n) is 6.56. The Morgan fingerprint density at radius 2 is 1.86 bits per heavy atom. The van der Waals surface area contributed by atoms with Gasteiger partial charge in [-0.05, 0) is 42.8 Å². The molecule has 1 N–H and O–H groups in total. The molecule has 5 heteroatoms. The predicted octanol–water partition coefficient (Wildman–Crippen LogP) is 4.81. The largest absolute Gasteiger partial charge is 0.478 e. The Bertz CT molecular complexity index is 891. The number of carboxylic acid groups (broad SMARTS) is 1. The molecule has 0 saturated carbocycles. The van der Waals surface area contributed by atoms with Crippen LogP contribution in [0.15, 0.2) is 46.9 Å². The van der Waals surface area contributed by atoms with Crippen molar-refractivity contribution in [3.63, 3.8) is 0 Å². The summed E-state index contributed by atoms with van der Waals surface area (Å²) < 4.78 is 14.4. The lowest BCUT2D eigenvalue weighted by molar-refractivity contribution is 0.0698. The normalized spacial score (nSPS) is 10.9. The molecule has 0 unspecified atom stereocenters. The quantitative estimate of drug-likeness (QED) is 0.714. The van der Waals surface area contributed by atoms with E-state index in [0.29, 0.717) is 22.2 Å². The Morgan fingerprint density at radius 1 is 1.18 bits per heavy atom. The van der Waals surface area contributed by atoms with E-state index in [2.05, 4.69) is 20.9 Å². The van der Waals surface area contributed by atoms with E-state index in [-0.39, 0.29) is 5.56 Å². The maximum Gasteiger partial charge on any atom is 0.336 e. The lowest BCUT2D eigenvalue weighted by Crippen LogP contribution is -2.05. The van der Waals surface area contributed by atoms with Gasteiger partial charge in [0.15, 0.2) is 0 Å². The van der Waals surface area contributed by atoms with Crippen LogP contribution in [-0.4, -0.2) is 16.1 Å². The van der Waals surface area contributed by atoms with E-state index in [9.17, 15) is 14.3 Å². The van der Waals surface area contributed by atoms with Gasteiger partial charge in [-0.3, -0.25) is 0 Å². The summed E-state index contributed by atoms with van der Waals surface area (Å²) in [5.74, 6) is -1.57. The molecule has 0 aliphatic rings. The number of benzene rings is 2. The third-order valence-corrected chi connectivity index (χ3v) is 4.05. The van der Waals surface area contributed by atoms with E-state index < -0.39 is 11.8 Å². The minimum Gasteiger partial charge on any atom is -0.478 e. The van der Waals surface area contributed by atoms with Gasteiger partial charge in [-0.2, -0.15) is 0 Å². The van der Waals surface area contributed by atoms with E-state index in [1.54, 1.807) is 6.92 Å². The van der Waals surface area contributed by atoms with Crippen LogP contribution in [0.1, 0.15) is 15.9 Å². The maximum absolute atomic E-state index is 13.5. The van der Waals surface area contributed by atoms with E-state index in [0.717, 1.165) is 10.0 Å². The maximum atomic E-state index is 13.5. The molecule has 0 saturated heterocycles. The Kier molecular flexibility index (Phi) is 3.66. The number of carbonyl (C=O) groups is 1. The van der Waals surface area contributed by atoms with Crippen LogP contribution in [0.25, 0.3) is 22.2 Å². The number of hydrogen-bond acceptors (Lipinski definition) is 2. The minimum absolute atomic E-state index is 0.0856. The van der Waals surface area contributed by atoms with E-state index in [4.69, 9.17) is 0 Å². The number of nitrogens with zero attached hydrogens (tertiary/aromatic N) is 1. The second-order valence-electron chi connectivity index (χ2n) is 4.93. The number of halogens is 2. The topological polar surface area (TPSA) is 50.2 Å². The number of rotatable bonds is 2. The summed E-state index contributed by atoms with van der Waals surface area (Å²) in [6.45, 7) is 1.69. The van der Waals surface area contributed by atoms with Gasteiger partial charge in [-0.1, -0.05) is 28.1 Å². The lowest BCUT2D eigenvalue weighted by atomic mass is 9.98. The van der Waals surface area contributed by atoms with E-state index >= 15 is 0 Å². The molecule has 0 aliphatic carbocycles. The highest BCUT2D eigenvalue weighted by Crippen LogP contribution is 2.30. The second-order valence-corrected chi connectivity index (χ2v) is 5.85. The Hall–Kier alpha value is -2.27. The highest BCUT2D eigenvalue weighted by molar-refractivity contribution is 9.10. The third kappa shape index (κ3) is 2.48. The zero-order chi connectivity index (χ0) is 15.9. The van der Waals surface area contributed by atoms with Crippen LogP contribution < -0.4 is 0 Å². The highest BCUT2D eigenvalue weighted by atomic mass is 79.9. The molecule has 3 rings (SSSR count). The van der Waals surface area contributed by atoms with Gasteiger partial charge < -0.3 is 5.11 Å². The number of aromatic nitrogens is 1. The summed E-state index contributed by atoms with van der Waals surface area (Å²) in [4.78, 5) is 16.1. The molecule has 1 heterocycles. The van der Waals surface area contributed by atoms with Crippen molar-refractivity contribution in [1.29, 1.82) is 0 Å². The monoisotopic (exact) mass is 359 g/mol. The molecule has 1 aromatic heterocycles. The lowest BCUT2D eigenvalue weighted by Gasteiger charge is -2.12. The molecule has 22 heavy (non-hydrogen) atoms. The minimum atomic E-state index is -1.09. The molecule has 2 aromatic carbocycles. The van der Waals surface area contributed by atoms with E-state index in [1.807, 2.05) is 24.3 Å². The van der Waals surface area contributed by atoms with Crippen molar-refractivity contribution < 1.29 is 14.3 Å². The molecule has 0 bridgehead atoms. The molecule has 0 atom stereocenters. The average molecular weight is 360 g/mol. The van der Waals surface area contributed by atoms with Gasteiger partial charge in [-0.15, -0.1) is 0 Å². The Labute approximate surface area is 134 Å². The molecular weight excluding hydrogens is 349 g/mol. The van der Waals surface area contributed by atoms with Gasteiger partial charge in [0.1, 0.15) is 5.82 Å². The average Bonchev–Trinajstić information content (AvgIpc) is 2.47. The Morgan fingerprint density at radius 3 is 2.50 bits per heavy atom. The first-order valence-corrected chi connectivity index (χ1v) is 7.36. The van der Waals surface area contributed by atoms with Crippen molar-refractivity contribution in [2.45, 2.75) is 6.92 Å². The summed E-state index contributed by atoms with van der Waals surface area (Å²) in [5.41, 5.74) is 2.47. The summed E-state index contributed by atoms with van der Waals surface area (Å²) >= 11 is 3.37. The molecule has 3 aromatic rings. The fourth-order valence-corrected chi connectivity index (χ4v) is 2.76. The van der Waals surface area contributed by atoms with E-state index in [1.165, 1.54) is 18.2 Å². The van der Waals surface area contributed by atoms with Crippen molar-refractivity contribution in [2.75, 3.05) is 0 Å². The van der Waals surface area contributed by atoms with Crippen LogP contribution in [0.3, 0.4) is 0 Å². The summed E-state index contributed by atoms with van der Waals surface area (Å²) in [6.07, 6.45) is 0. The molecule has 0 aliphatic heterocycles. The predicted molar refractivity (Wildman–Crippen MR) is 86.5 cm³/mol. The van der Waals surface area contributed by atoms with Crippen LogP contribution in [-0.2, 0) is 0 Å². The number of aromatic carboxylic acids is 1. The summed E-state index contributed by atoms with van der Waals surface area (Å²) in [5, 5.41) is 9.82. The van der Waals surface area contributed by atoms with Gasteiger partial charge in [0, 0.05) is 15.4 Å². The fraction of sp³-hybridized carbons (Fsp3) is 0.0588. The number of pyridine rings is 1. The molecule has 0 radical (unpaired) electrons. The molecule has 110 valence electrons. The van der Waals surface area contributed by atoms with Gasteiger partial charge in [0.25, 0.3) is 0 Å². The molecule has 0 amide bonds. The zero-order valence-corrected chi connectivity index (χ0v) is 13.2. The van der Waals surface area contributed by atoms with Crippen LogP contribution in [0.4, 0.5) is 4.39 Å². The first-order chi connectivity index (χ1) is 10.5. The molecular formula is C17H11BrFNO2. The third-order valence-electron chi connectivity index (χ3n) is 3.52. The van der Waals surface area contributed by atoms with Crippen LogP contribution in [0.2, 0.25) is 0 Å². The fourth-order valence-electron chi connectivity index (χ4n) is 2.50. The smallest absolute Gasteiger partial charge is 0.336 e. The Balaban J connectivity index is 2.37. The zero-order valence-electron chi connectivity index (χ0n) is 11.6. The van der Waals surface area contributed by atoms with Gasteiger partial charge in [0.2, 0.25) is 0 Å². The highest BCUT2D eigenvalue weighted by Gasteiger charge is 2.18. The van der Waals surface area contributed by atoms with Gasteiger partial charge in [0.05, 0.1) is 16.8 Å². The SMILES string of the molecule is Cc1c(-c2ccc(Br)cc2)nc2ccc(F)cc2c1C(=O)O. The number of hydrogen-bond donors (Lipinski definition) is 1. The van der Waals surface area contributed by atoms with Crippen molar-refractivity contribution in [2.24, 2.45) is 0 Å². The summed E-state index contributed by atoms with van der Waals surface area (Å²) in [7, 11) is 0. The van der Waals surface area contributed by atoms with Gasteiger partial charge >= 0.3 is 5.97 Å². The van der Waals surface area contributed by atoms with Crippen molar-refractivity contribution in [3.8, 4) is 11.3 Å². The summed E-state index contributed by atoms with van der Waals surface area (Å²) in [6, 6.07) is 11.4. The first kappa shape index (κ1) is 14.7.